The van der Waals surface area contributed by atoms with Crippen molar-refractivity contribution in [2.75, 3.05) is 27.4 Å². The lowest BCUT2D eigenvalue weighted by molar-refractivity contribution is -0.385. The molecule has 0 spiro atoms. The van der Waals surface area contributed by atoms with Crippen LogP contribution in [0.15, 0.2) is 65.6 Å². The summed E-state index contributed by atoms with van der Waals surface area (Å²) in [6.07, 6.45) is 1.71. The van der Waals surface area contributed by atoms with Crippen LogP contribution in [0.1, 0.15) is 21.5 Å². The second-order valence-electron chi connectivity index (χ2n) is 7.28. The second-order valence-corrected chi connectivity index (χ2v) is 7.28. The molecular formula is C24H25N3O7. The fraction of sp³-hybridized carbons (Fsp3) is 0.250. The number of carbonyl (C=O) groups is 1. The molecule has 178 valence electrons. The zero-order valence-corrected chi connectivity index (χ0v) is 18.9. The number of pyridine rings is 1. The number of methoxy groups -OCH3 is 2. The average Bonchev–Trinajstić information content (AvgIpc) is 2.84. The second kappa shape index (κ2) is 11.6. The third-order valence-corrected chi connectivity index (χ3v) is 5.00. The Morgan fingerprint density at radius 2 is 1.76 bits per heavy atom. The molecule has 0 aliphatic heterocycles. The zero-order valence-electron chi connectivity index (χ0n) is 18.9. The van der Waals surface area contributed by atoms with Gasteiger partial charge in [-0.05, 0) is 17.2 Å². The minimum absolute atomic E-state index is 0.0917. The highest BCUT2D eigenvalue weighted by Gasteiger charge is 2.24. The molecule has 34 heavy (non-hydrogen) atoms. The maximum atomic E-state index is 12.8. The Morgan fingerprint density at radius 3 is 2.41 bits per heavy atom. The maximum Gasteiger partial charge on any atom is 0.286 e. The number of ether oxygens (including phenoxy) is 3. The maximum absolute atomic E-state index is 12.8. The lowest BCUT2D eigenvalue weighted by Gasteiger charge is -2.13. The quantitative estimate of drug-likeness (QED) is 0.261. The van der Waals surface area contributed by atoms with Crippen molar-refractivity contribution in [2.24, 2.45) is 0 Å². The van der Waals surface area contributed by atoms with Gasteiger partial charge in [0.25, 0.3) is 17.2 Å². The Kier molecular flexibility index (Phi) is 8.36. The van der Waals surface area contributed by atoms with Gasteiger partial charge in [-0.2, -0.15) is 0 Å². The van der Waals surface area contributed by atoms with Gasteiger partial charge in [0.15, 0.2) is 11.5 Å². The van der Waals surface area contributed by atoms with E-state index in [1.807, 2.05) is 24.3 Å². The first-order valence-electron chi connectivity index (χ1n) is 10.4. The van der Waals surface area contributed by atoms with Gasteiger partial charge in [0, 0.05) is 32.0 Å². The number of benzene rings is 2. The zero-order chi connectivity index (χ0) is 24.5. The summed E-state index contributed by atoms with van der Waals surface area (Å²) in [4.78, 5) is 35.5. The van der Waals surface area contributed by atoms with Crippen LogP contribution in [-0.4, -0.2) is 42.8 Å². The van der Waals surface area contributed by atoms with Gasteiger partial charge in [-0.15, -0.1) is 0 Å². The molecule has 1 N–H and O–H groups in total. The predicted molar refractivity (Wildman–Crippen MR) is 124 cm³/mol. The molecule has 0 aliphatic carbocycles. The number of aromatic nitrogens is 1. The topological polar surface area (TPSA) is 122 Å². The number of amides is 1. The van der Waals surface area contributed by atoms with Gasteiger partial charge < -0.3 is 24.1 Å². The van der Waals surface area contributed by atoms with E-state index >= 15 is 0 Å². The van der Waals surface area contributed by atoms with E-state index in [1.165, 1.54) is 32.4 Å². The van der Waals surface area contributed by atoms with E-state index in [9.17, 15) is 19.7 Å². The monoisotopic (exact) mass is 467 g/mol. The molecule has 0 saturated heterocycles. The number of nitro groups is 1. The van der Waals surface area contributed by atoms with E-state index in [2.05, 4.69) is 5.32 Å². The minimum atomic E-state index is -0.641. The van der Waals surface area contributed by atoms with Crippen molar-refractivity contribution in [2.45, 2.75) is 13.1 Å². The number of rotatable bonds is 11. The Bertz CT molecular complexity index is 1210. The van der Waals surface area contributed by atoms with Crippen molar-refractivity contribution in [1.82, 2.24) is 9.88 Å². The number of hydrogen-bond donors (Lipinski definition) is 1. The summed E-state index contributed by atoms with van der Waals surface area (Å²) in [6.45, 7) is 1.05. The summed E-state index contributed by atoms with van der Waals surface area (Å²) in [6, 6.07) is 14.8. The third-order valence-electron chi connectivity index (χ3n) is 5.00. The van der Waals surface area contributed by atoms with Crippen molar-refractivity contribution >= 4 is 11.6 Å². The van der Waals surface area contributed by atoms with Crippen LogP contribution >= 0.6 is 0 Å². The first kappa shape index (κ1) is 24.5. The summed E-state index contributed by atoms with van der Waals surface area (Å²) in [5.41, 5.74) is 1.10. The Balaban J connectivity index is 1.70. The van der Waals surface area contributed by atoms with E-state index < -0.39 is 16.5 Å². The third kappa shape index (κ3) is 6.20. The van der Waals surface area contributed by atoms with Crippen molar-refractivity contribution < 1.29 is 23.9 Å². The lowest BCUT2D eigenvalue weighted by Crippen LogP contribution is -2.24. The summed E-state index contributed by atoms with van der Waals surface area (Å²) in [5, 5.41) is 14.3. The number of nitrogens with one attached hydrogen (secondary N) is 1. The van der Waals surface area contributed by atoms with Gasteiger partial charge in [0.2, 0.25) is 0 Å². The highest BCUT2D eigenvalue weighted by atomic mass is 16.6. The first-order chi connectivity index (χ1) is 16.4. The normalized spacial score (nSPS) is 10.5. The molecule has 0 unspecified atom stereocenters. The molecular weight excluding hydrogens is 442 g/mol. The molecule has 1 heterocycles. The smallest absolute Gasteiger partial charge is 0.286 e. The van der Waals surface area contributed by atoms with Crippen molar-refractivity contribution in [1.29, 1.82) is 0 Å². The highest BCUT2D eigenvalue weighted by Crippen LogP contribution is 2.34. The van der Waals surface area contributed by atoms with Crippen LogP contribution in [0.4, 0.5) is 5.69 Å². The fourth-order valence-electron chi connectivity index (χ4n) is 3.22. The molecule has 0 radical (unpaired) electrons. The van der Waals surface area contributed by atoms with E-state index in [1.54, 1.807) is 22.9 Å². The van der Waals surface area contributed by atoms with Gasteiger partial charge >= 0.3 is 0 Å². The van der Waals surface area contributed by atoms with Crippen molar-refractivity contribution in [3.63, 3.8) is 0 Å². The first-order valence-corrected chi connectivity index (χ1v) is 10.4. The summed E-state index contributed by atoms with van der Waals surface area (Å²) in [7, 11) is 2.89. The summed E-state index contributed by atoms with van der Waals surface area (Å²) >= 11 is 0. The van der Waals surface area contributed by atoms with Crippen LogP contribution in [0.2, 0.25) is 0 Å². The molecule has 3 aromatic rings. The van der Waals surface area contributed by atoms with Crippen LogP contribution in [0.25, 0.3) is 0 Å². The molecule has 0 saturated carbocycles. The Morgan fingerprint density at radius 1 is 1.03 bits per heavy atom. The largest absolute Gasteiger partial charge is 0.493 e. The van der Waals surface area contributed by atoms with E-state index in [0.717, 1.165) is 11.1 Å². The average molecular weight is 467 g/mol. The Hall–Kier alpha value is -4.18. The van der Waals surface area contributed by atoms with Crippen molar-refractivity contribution in [3.05, 3.63) is 98.0 Å². The molecule has 0 fully saturated rings. The van der Waals surface area contributed by atoms with Gasteiger partial charge in [0.05, 0.1) is 31.3 Å². The van der Waals surface area contributed by atoms with Crippen LogP contribution in [-0.2, 0) is 17.8 Å². The van der Waals surface area contributed by atoms with Crippen LogP contribution in [0, 0.1) is 10.1 Å². The summed E-state index contributed by atoms with van der Waals surface area (Å²) < 4.78 is 17.2. The number of carbonyl (C=O) groups excluding carboxylic acids is 1. The van der Waals surface area contributed by atoms with Gasteiger partial charge in [-0.25, -0.2) is 0 Å². The van der Waals surface area contributed by atoms with E-state index in [-0.39, 0.29) is 35.8 Å². The molecule has 10 nitrogen and oxygen atoms in total. The Labute approximate surface area is 195 Å². The molecule has 1 amide bonds. The number of nitro benzene ring substituents is 1. The van der Waals surface area contributed by atoms with E-state index in [0.29, 0.717) is 13.2 Å². The molecule has 0 atom stereocenters. The van der Waals surface area contributed by atoms with Crippen LogP contribution < -0.4 is 20.3 Å². The van der Waals surface area contributed by atoms with Crippen LogP contribution in [0.5, 0.6) is 11.5 Å². The standard InChI is InChI=1S/C24H25N3O7/c1-32-11-12-34-22-14-20(27(30)31)19(13-21(22)33-2)24(29)25-15-17-6-8-18(9-7-17)16-26-10-4-3-5-23(26)28/h3-10,13-14H,11-12,15-16H2,1-2H3,(H,25,29). The molecule has 10 heteroatoms. The SMILES string of the molecule is COCCOc1cc([N+](=O)[O-])c(C(=O)NCc2ccc(Cn3ccccc3=O)cc2)cc1OC. The molecule has 2 aromatic carbocycles. The van der Waals surface area contributed by atoms with E-state index in [4.69, 9.17) is 14.2 Å². The predicted octanol–water partition coefficient (Wildman–Crippen LogP) is 2.77. The van der Waals surface area contributed by atoms with Gasteiger partial charge in [-0.1, -0.05) is 30.3 Å². The summed E-state index contributed by atoms with van der Waals surface area (Å²) in [5.74, 6) is -0.267. The molecule has 3 rings (SSSR count). The molecule has 0 bridgehead atoms. The highest BCUT2D eigenvalue weighted by molar-refractivity contribution is 5.99. The van der Waals surface area contributed by atoms with Crippen LogP contribution in [0.3, 0.4) is 0 Å². The molecule has 0 aliphatic rings. The molecule has 1 aromatic heterocycles. The fourth-order valence-corrected chi connectivity index (χ4v) is 3.22. The van der Waals surface area contributed by atoms with Gasteiger partial charge in [0.1, 0.15) is 12.2 Å². The lowest BCUT2D eigenvalue weighted by atomic mass is 10.1. The number of nitrogens with zero attached hydrogens (tertiary/aromatic N) is 2. The minimum Gasteiger partial charge on any atom is -0.493 e. The number of hydrogen-bond acceptors (Lipinski definition) is 7. The van der Waals surface area contributed by atoms with Gasteiger partial charge in [-0.3, -0.25) is 19.7 Å². The van der Waals surface area contributed by atoms with Crippen molar-refractivity contribution in [3.8, 4) is 11.5 Å².